The second-order valence-corrected chi connectivity index (χ2v) is 3.85. The summed E-state index contributed by atoms with van der Waals surface area (Å²) in [6.07, 6.45) is -0.443. The number of hydrogen-bond acceptors (Lipinski definition) is 2. The highest BCUT2D eigenvalue weighted by Crippen LogP contribution is 2.52. The van der Waals surface area contributed by atoms with Gasteiger partial charge in [-0.1, -0.05) is 22.6 Å². The van der Waals surface area contributed by atoms with Crippen LogP contribution in [0, 0.1) is 11.8 Å². The van der Waals surface area contributed by atoms with Crippen LogP contribution in [-0.4, -0.2) is 21.9 Å². The number of ether oxygens (including phenoxy) is 1. The van der Waals surface area contributed by atoms with Crippen LogP contribution in [0.3, 0.4) is 0 Å². The first-order chi connectivity index (χ1) is 3.80. The topological polar surface area (TPSA) is 29.5 Å². The van der Waals surface area contributed by atoms with Gasteiger partial charge in [-0.2, -0.15) is 0 Å². The van der Waals surface area contributed by atoms with Crippen molar-refractivity contribution in [3.05, 3.63) is 0 Å². The third-order valence-corrected chi connectivity index (χ3v) is 3.67. The smallest absolute Gasteiger partial charge is 0.158 e. The fourth-order valence-electron chi connectivity index (χ4n) is 1.25. The number of rotatable bonds is 0. The zero-order valence-electron chi connectivity index (χ0n) is 4.25. The van der Waals surface area contributed by atoms with E-state index in [4.69, 9.17) is 9.84 Å². The van der Waals surface area contributed by atoms with Crippen LogP contribution >= 0.6 is 22.6 Å². The van der Waals surface area contributed by atoms with Crippen molar-refractivity contribution in [3.63, 3.8) is 0 Å². The van der Waals surface area contributed by atoms with Crippen molar-refractivity contribution < 1.29 is 9.84 Å². The number of hydrogen-bond donors (Lipinski definition) is 1. The van der Waals surface area contributed by atoms with E-state index in [2.05, 4.69) is 22.6 Å². The fourth-order valence-corrected chi connectivity index (χ4v) is 2.59. The molecule has 0 aromatic heterocycles. The van der Waals surface area contributed by atoms with Crippen LogP contribution in [0.5, 0.6) is 0 Å². The average molecular weight is 226 g/mol. The molecule has 3 heteroatoms. The second-order valence-electron chi connectivity index (χ2n) is 2.41. The van der Waals surface area contributed by atoms with Gasteiger partial charge in [0.2, 0.25) is 0 Å². The van der Waals surface area contributed by atoms with Crippen molar-refractivity contribution in [2.24, 2.45) is 11.8 Å². The van der Waals surface area contributed by atoms with Crippen LogP contribution in [-0.2, 0) is 4.74 Å². The third-order valence-electron chi connectivity index (χ3n) is 1.92. The predicted octanol–water partition coefficient (Wildman–Crippen LogP) is 0.385. The Morgan fingerprint density at radius 1 is 1.62 bits per heavy atom. The molecule has 1 saturated heterocycles. The minimum Gasteiger partial charge on any atom is -0.368 e. The molecule has 4 atom stereocenters. The van der Waals surface area contributed by atoms with Gasteiger partial charge in [0.1, 0.15) is 0 Å². The number of aliphatic hydroxyl groups is 1. The maximum Gasteiger partial charge on any atom is 0.158 e. The van der Waals surface area contributed by atoms with E-state index >= 15 is 0 Å². The van der Waals surface area contributed by atoms with Gasteiger partial charge in [-0.05, 0) is 0 Å². The van der Waals surface area contributed by atoms with Crippen molar-refractivity contribution >= 4 is 22.6 Å². The van der Waals surface area contributed by atoms with Crippen molar-refractivity contribution in [1.82, 2.24) is 0 Å². The molecular weight excluding hydrogens is 219 g/mol. The van der Waals surface area contributed by atoms with E-state index in [0.29, 0.717) is 15.8 Å². The van der Waals surface area contributed by atoms with E-state index in [1.54, 1.807) is 0 Å². The Bertz CT molecular complexity index is 115. The van der Waals surface area contributed by atoms with Gasteiger partial charge in [0.25, 0.3) is 0 Å². The molecule has 1 N–H and O–H groups in total. The molecule has 0 bridgehead atoms. The summed E-state index contributed by atoms with van der Waals surface area (Å²) in [4.78, 5) is 0. The normalized spacial score (nSPS) is 60.8. The molecule has 2 rings (SSSR count). The quantitative estimate of drug-likeness (QED) is 0.478. The van der Waals surface area contributed by atoms with Gasteiger partial charge in [-0.3, -0.25) is 0 Å². The van der Waals surface area contributed by atoms with E-state index in [0.717, 1.165) is 6.61 Å². The Morgan fingerprint density at radius 2 is 2.38 bits per heavy atom. The number of halogens is 1. The zero-order chi connectivity index (χ0) is 5.72. The van der Waals surface area contributed by atoms with E-state index in [-0.39, 0.29) is 0 Å². The maximum absolute atomic E-state index is 8.98. The van der Waals surface area contributed by atoms with Gasteiger partial charge in [-0.15, -0.1) is 0 Å². The van der Waals surface area contributed by atoms with Crippen LogP contribution < -0.4 is 0 Å². The van der Waals surface area contributed by atoms with Crippen LogP contribution in [0.1, 0.15) is 0 Å². The number of fused-ring (bicyclic) bond motifs is 1. The Labute approximate surface area is 61.4 Å². The molecule has 46 valence electrons. The molecule has 1 heterocycles. The molecule has 0 spiro atoms. The molecule has 0 amide bonds. The summed E-state index contributed by atoms with van der Waals surface area (Å²) in [5.41, 5.74) is 0. The SMILES string of the molecule is O[C@H]1OC[C@@H]2[C@H](I)[C@@H]21. The number of alkyl halides is 1. The first-order valence-corrected chi connectivity index (χ1v) is 3.99. The first kappa shape index (κ1) is 5.44. The second kappa shape index (κ2) is 1.58. The maximum atomic E-state index is 8.98. The average Bonchev–Trinajstić information content (AvgIpc) is 2.13. The lowest BCUT2D eigenvalue weighted by Crippen LogP contribution is -2.11. The zero-order valence-corrected chi connectivity index (χ0v) is 6.41. The monoisotopic (exact) mass is 226 g/mol. The van der Waals surface area contributed by atoms with Crippen LogP contribution in [0.2, 0.25) is 0 Å². The minimum absolute atomic E-state index is 0.443. The predicted molar refractivity (Wildman–Crippen MR) is 36.7 cm³/mol. The van der Waals surface area contributed by atoms with Crippen molar-refractivity contribution in [1.29, 1.82) is 0 Å². The van der Waals surface area contributed by atoms with Crippen molar-refractivity contribution in [2.75, 3.05) is 6.61 Å². The van der Waals surface area contributed by atoms with Crippen LogP contribution in [0.25, 0.3) is 0 Å². The Balaban J connectivity index is 2.07. The summed E-state index contributed by atoms with van der Waals surface area (Å²) in [6, 6.07) is 0. The molecule has 1 saturated carbocycles. The molecule has 2 nitrogen and oxygen atoms in total. The molecule has 0 aromatic carbocycles. The Kier molecular flexibility index (Phi) is 1.07. The van der Waals surface area contributed by atoms with Gasteiger partial charge < -0.3 is 9.84 Å². The summed E-state index contributed by atoms with van der Waals surface area (Å²) in [6.45, 7) is 0.777. The van der Waals surface area contributed by atoms with E-state index < -0.39 is 6.29 Å². The highest BCUT2D eigenvalue weighted by atomic mass is 127. The largest absolute Gasteiger partial charge is 0.368 e. The molecule has 2 aliphatic rings. The summed E-state index contributed by atoms with van der Waals surface area (Å²) in [7, 11) is 0. The van der Waals surface area contributed by atoms with E-state index in [9.17, 15) is 0 Å². The highest BCUT2D eigenvalue weighted by molar-refractivity contribution is 14.1. The summed E-state index contributed by atoms with van der Waals surface area (Å²) >= 11 is 2.37. The minimum atomic E-state index is -0.443. The van der Waals surface area contributed by atoms with Crippen LogP contribution in [0.4, 0.5) is 0 Å². The Hall–Kier alpha value is 0.650. The molecule has 1 aliphatic heterocycles. The van der Waals surface area contributed by atoms with Gasteiger partial charge in [0, 0.05) is 15.8 Å². The lowest BCUT2D eigenvalue weighted by atomic mass is 10.4. The van der Waals surface area contributed by atoms with Gasteiger partial charge in [0.15, 0.2) is 6.29 Å². The standard InChI is InChI=1S/C5H7IO2/c6-4-2-1-8-5(7)3(2)4/h2-5,7H,1H2/t2-,3+,4-,5-/m0/s1. The summed E-state index contributed by atoms with van der Waals surface area (Å²) < 4.78 is 5.63. The summed E-state index contributed by atoms with van der Waals surface area (Å²) in [5.74, 6) is 1.14. The van der Waals surface area contributed by atoms with E-state index in [1.807, 2.05) is 0 Å². The first-order valence-electron chi connectivity index (χ1n) is 2.74. The highest BCUT2D eigenvalue weighted by Gasteiger charge is 2.57. The Morgan fingerprint density at radius 3 is 2.62 bits per heavy atom. The van der Waals surface area contributed by atoms with Gasteiger partial charge in [0.05, 0.1) is 6.61 Å². The lowest BCUT2D eigenvalue weighted by Gasteiger charge is -2.03. The van der Waals surface area contributed by atoms with Gasteiger partial charge >= 0.3 is 0 Å². The fraction of sp³-hybridized carbons (Fsp3) is 1.00. The van der Waals surface area contributed by atoms with E-state index in [1.165, 1.54) is 0 Å². The molecule has 0 unspecified atom stereocenters. The third kappa shape index (κ3) is 0.550. The molecule has 0 aromatic rings. The van der Waals surface area contributed by atoms with Gasteiger partial charge in [-0.25, -0.2) is 0 Å². The molecule has 1 aliphatic carbocycles. The molecule has 8 heavy (non-hydrogen) atoms. The van der Waals surface area contributed by atoms with Crippen molar-refractivity contribution in [3.8, 4) is 0 Å². The van der Waals surface area contributed by atoms with Crippen molar-refractivity contribution in [2.45, 2.75) is 10.2 Å². The molecular formula is C5H7IO2. The molecule has 0 radical (unpaired) electrons. The van der Waals surface area contributed by atoms with Crippen LogP contribution in [0.15, 0.2) is 0 Å². The summed E-state index contributed by atoms with van der Waals surface area (Å²) in [5, 5.41) is 8.98. The molecule has 2 fully saturated rings. The number of aliphatic hydroxyl groups excluding tert-OH is 1. The lowest BCUT2D eigenvalue weighted by molar-refractivity contribution is -0.0803.